The molecule has 2 bridgehead atoms. The molecular weight excluding hydrogens is 491 g/mol. The SMILES string of the molecule is CCOC(=O)c1sc(C(C)NC(=NC)NCC2CN3CCN2CC3)nc1C.I. The second-order valence-electron chi connectivity index (χ2n) is 7.00. The highest BCUT2D eigenvalue weighted by Crippen LogP contribution is 2.24. The molecule has 3 aliphatic rings. The summed E-state index contributed by atoms with van der Waals surface area (Å²) < 4.78 is 5.10. The topological polar surface area (TPSA) is 82.1 Å². The summed E-state index contributed by atoms with van der Waals surface area (Å²) in [6.07, 6.45) is 0. The van der Waals surface area contributed by atoms with E-state index in [-0.39, 0.29) is 36.0 Å². The van der Waals surface area contributed by atoms with Crippen molar-refractivity contribution in [3.63, 3.8) is 0 Å². The van der Waals surface area contributed by atoms with Crippen molar-refractivity contribution in [3.8, 4) is 0 Å². The quantitative estimate of drug-likeness (QED) is 0.254. The number of fused-ring (bicyclic) bond motifs is 3. The molecule has 10 heteroatoms. The number of thiazole rings is 1. The summed E-state index contributed by atoms with van der Waals surface area (Å²) in [5, 5.41) is 7.68. The van der Waals surface area contributed by atoms with Gasteiger partial charge in [-0.15, -0.1) is 35.3 Å². The van der Waals surface area contributed by atoms with Crippen LogP contribution in [0.2, 0.25) is 0 Å². The van der Waals surface area contributed by atoms with Crippen molar-refractivity contribution >= 4 is 47.2 Å². The van der Waals surface area contributed by atoms with Gasteiger partial charge in [0.05, 0.1) is 18.3 Å². The molecule has 0 spiro atoms. The van der Waals surface area contributed by atoms with Gasteiger partial charge in [0, 0.05) is 52.4 Å². The van der Waals surface area contributed by atoms with Gasteiger partial charge in [-0.3, -0.25) is 14.8 Å². The number of carbonyl (C=O) groups excluding carboxylic acids is 1. The van der Waals surface area contributed by atoms with Gasteiger partial charge in [-0.25, -0.2) is 9.78 Å². The molecule has 3 aliphatic heterocycles. The fourth-order valence-corrected chi connectivity index (χ4v) is 4.55. The van der Waals surface area contributed by atoms with Crippen molar-refractivity contribution in [1.29, 1.82) is 0 Å². The lowest BCUT2D eigenvalue weighted by Gasteiger charge is -2.47. The molecule has 0 aromatic carbocycles. The maximum atomic E-state index is 12.0. The van der Waals surface area contributed by atoms with Crippen LogP contribution in [0.5, 0.6) is 0 Å². The van der Waals surface area contributed by atoms with Gasteiger partial charge in [-0.2, -0.15) is 0 Å². The fourth-order valence-electron chi connectivity index (χ4n) is 3.58. The molecule has 0 aliphatic carbocycles. The van der Waals surface area contributed by atoms with Gasteiger partial charge in [0.25, 0.3) is 0 Å². The standard InChI is InChI=1S/C18H30N6O2S.HI/c1-5-26-17(25)15-12(2)21-16(27-15)13(3)22-18(19-4)20-10-14-11-23-6-8-24(14)9-7-23;/h13-14H,5-11H2,1-4H3,(H2,19,20,22);1H. The van der Waals surface area contributed by atoms with E-state index in [1.807, 2.05) is 13.8 Å². The zero-order valence-electron chi connectivity index (χ0n) is 17.0. The van der Waals surface area contributed by atoms with Gasteiger partial charge in [-0.05, 0) is 20.8 Å². The average molecular weight is 522 g/mol. The Bertz CT molecular complexity index is 690. The largest absolute Gasteiger partial charge is 0.462 e. The molecule has 0 saturated carbocycles. The Morgan fingerprint density at radius 3 is 2.68 bits per heavy atom. The number of hydrogen-bond acceptors (Lipinski definition) is 7. The maximum absolute atomic E-state index is 12.0. The molecular formula is C18H31IN6O2S. The lowest BCUT2D eigenvalue weighted by molar-refractivity contribution is 0.0154. The number of rotatable bonds is 6. The van der Waals surface area contributed by atoms with E-state index in [9.17, 15) is 4.79 Å². The number of nitrogens with zero attached hydrogens (tertiary/aromatic N) is 4. The first-order chi connectivity index (χ1) is 13.0. The van der Waals surface area contributed by atoms with Crippen molar-refractivity contribution in [2.75, 3.05) is 52.9 Å². The Kier molecular flexibility index (Phi) is 8.90. The van der Waals surface area contributed by atoms with Crippen molar-refractivity contribution in [2.45, 2.75) is 32.9 Å². The summed E-state index contributed by atoms with van der Waals surface area (Å²) in [5.41, 5.74) is 0.713. The van der Waals surface area contributed by atoms with E-state index in [1.54, 1.807) is 14.0 Å². The number of aromatic nitrogens is 1. The Balaban J connectivity index is 0.00000280. The molecule has 0 amide bonds. The third kappa shape index (κ3) is 5.55. The van der Waals surface area contributed by atoms with Gasteiger partial charge >= 0.3 is 5.97 Å². The number of guanidine groups is 1. The highest BCUT2D eigenvalue weighted by Gasteiger charge is 2.31. The van der Waals surface area contributed by atoms with Gasteiger partial charge in [0.2, 0.25) is 0 Å². The molecule has 1 aromatic heterocycles. The second-order valence-corrected chi connectivity index (χ2v) is 8.03. The van der Waals surface area contributed by atoms with Gasteiger partial charge in [0.1, 0.15) is 9.88 Å². The van der Waals surface area contributed by atoms with Gasteiger partial charge < -0.3 is 15.4 Å². The molecule has 2 N–H and O–H groups in total. The Morgan fingerprint density at radius 2 is 2.11 bits per heavy atom. The number of aliphatic imine (C=N–C) groups is 1. The van der Waals surface area contributed by atoms with Crippen LogP contribution >= 0.6 is 35.3 Å². The number of hydrogen-bond donors (Lipinski definition) is 2. The number of halogens is 1. The van der Waals surface area contributed by atoms with Crippen molar-refractivity contribution < 1.29 is 9.53 Å². The first kappa shape index (κ1) is 23.3. The van der Waals surface area contributed by atoms with Crippen LogP contribution in [-0.2, 0) is 4.74 Å². The molecule has 1 aromatic rings. The molecule has 158 valence electrons. The minimum Gasteiger partial charge on any atom is -0.462 e. The molecule has 2 atom stereocenters. The van der Waals surface area contributed by atoms with Gasteiger partial charge in [0.15, 0.2) is 5.96 Å². The third-order valence-corrected chi connectivity index (χ3v) is 6.44. The normalized spacial score (nSPS) is 25.0. The highest BCUT2D eigenvalue weighted by molar-refractivity contribution is 14.0. The van der Waals surface area contributed by atoms with E-state index < -0.39 is 0 Å². The number of piperazine rings is 3. The maximum Gasteiger partial charge on any atom is 0.350 e. The lowest BCUT2D eigenvalue weighted by Crippen LogP contribution is -2.63. The number of carbonyl (C=O) groups is 1. The van der Waals surface area contributed by atoms with Gasteiger partial charge in [-0.1, -0.05) is 0 Å². The summed E-state index contributed by atoms with van der Waals surface area (Å²) in [5.74, 6) is 0.454. The molecule has 0 radical (unpaired) electrons. The predicted octanol–water partition coefficient (Wildman–Crippen LogP) is 1.47. The van der Waals surface area contributed by atoms with Crippen molar-refractivity contribution in [1.82, 2.24) is 25.4 Å². The van der Waals surface area contributed by atoms with Crippen LogP contribution in [0.25, 0.3) is 0 Å². The Morgan fingerprint density at radius 1 is 1.39 bits per heavy atom. The van der Waals surface area contributed by atoms with E-state index in [1.165, 1.54) is 24.4 Å². The average Bonchev–Trinajstić information content (AvgIpc) is 3.08. The van der Waals surface area contributed by atoms with Crippen LogP contribution in [0.3, 0.4) is 0 Å². The summed E-state index contributed by atoms with van der Waals surface area (Å²) >= 11 is 1.38. The molecule has 4 rings (SSSR count). The molecule has 2 unspecified atom stereocenters. The monoisotopic (exact) mass is 522 g/mol. The predicted molar refractivity (Wildman–Crippen MR) is 123 cm³/mol. The smallest absolute Gasteiger partial charge is 0.350 e. The fraction of sp³-hybridized carbons (Fsp3) is 0.722. The zero-order chi connectivity index (χ0) is 19.4. The summed E-state index contributed by atoms with van der Waals surface area (Å²) in [4.78, 5) is 26.5. The van der Waals surface area contributed by atoms with E-state index in [0.29, 0.717) is 23.2 Å². The van der Waals surface area contributed by atoms with E-state index in [4.69, 9.17) is 4.74 Å². The van der Waals surface area contributed by atoms with Crippen molar-refractivity contribution in [2.24, 2.45) is 4.99 Å². The highest BCUT2D eigenvalue weighted by atomic mass is 127. The summed E-state index contributed by atoms with van der Waals surface area (Å²) in [6.45, 7) is 12.7. The summed E-state index contributed by atoms with van der Waals surface area (Å²) in [7, 11) is 1.77. The second kappa shape index (κ2) is 10.7. The first-order valence-electron chi connectivity index (χ1n) is 9.59. The number of nitrogens with one attached hydrogen (secondary N) is 2. The summed E-state index contributed by atoms with van der Waals surface area (Å²) in [6, 6.07) is 0.480. The molecule has 28 heavy (non-hydrogen) atoms. The first-order valence-corrected chi connectivity index (χ1v) is 10.4. The van der Waals surface area contributed by atoms with Crippen LogP contribution in [-0.4, -0.2) is 85.7 Å². The van der Waals surface area contributed by atoms with Crippen LogP contribution < -0.4 is 10.6 Å². The Hall–Kier alpha value is -0.980. The molecule has 8 nitrogen and oxygen atoms in total. The van der Waals surface area contributed by atoms with Crippen LogP contribution in [0.4, 0.5) is 0 Å². The van der Waals surface area contributed by atoms with Crippen LogP contribution in [0.15, 0.2) is 4.99 Å². The number of aryl methyl sites for hydroxylation is 1. The van der Waals surface area contributed by atoms with Crippen LogP contribution in [0.1, 0.15) is 40.3 Å². The van der Waals surface area contributed by atoms with Crippen LogP contribution in [0, 0.1) is 6.92 Å². The third-order valence-electron chi connectivity index (χ3n) is 5.12. The van der Waals surface area contributed by atoms with Crippen molar-refractivity contribution in [3.05, 3.63) is 15.6 Å². The molecule has 4 heterocycles. The number of ether oxygens (including phenoxy) is 1. The lowest BCUT2D eigenvalue weighted by atomic mass is 10.1. The van der Waals surface area contributed by atoms with E-state index >= 15 is 0 Å². The Labute approximate surface area is 188 Å². The molecule has 3 saturated heterocycles. The zero-order valence-corrected chi connectivity index (χ0v) is 20.2. The number of esters is 1. The molecule has 3 fully saturated rings. The minimum atomic E-state index is -0.301. The van der Waals surface area contributed by atoms with E-state index in [2.05, 4.69) is 30.4 Å². The minimum absolute atomic E-state index is 0. The van der Waals surface area contributed by atoms with E-state index in [0.717, 1.165) is 37.1 Å².